The summed E-state index contributed by atoms with van der Waals surface area (Å²) in [6.07, 6.45) is 0.193. The van der Waals surface area contributed by atoms with Crippen LogP contribution in [0.3, 0.4) is 0 Å². The van der Waals surface area contributed by atoms with Gasteiger partial charge in [0, 0.05) is 18.5 Å². The zero-order valence-corrected chi connectivity index (χ0v) is 13.9. The number of amides is 4. The zero-order valence-electron chi connectivity index (χ0n) is 13.9. The van der Waals surface area contributed by atoms with Gasteiger partial charge >= 0.3 is 0 Å². The number of piperidine rings is 1. The van der Waals surface area contributed by atoms with Gasteiger partial charge in [0.05, 0.1) is 17.7 Å². The minimum absolute atomic E-state index is 0.0783. The third-order valence-corrected chi connectivity index (χ3v) is 4.13. The topological polar surface area (TPSA) is 119 Å². The Bertz CT molecular complexity index is 852. The van der Waals surface area contributed by atoms with Crippen LogP contribution in [0.25, 0.3) is 0 Å². The van der Waals surface area contributed by atoms with E-state index in [1.807, 2.05) is 0 Å². The smallest absolute Gasteiger partial charge is 0.263 e. The summed E-state index contributed by atoms with van der Waals surface area (Å²) in [5.41, 5.74) is 6.09. The number of rotatable bonds is 4. The van der Waals surface area contributed by atoms with Gasteiger partial charge in [0.2, 0.25) is 11.8 Å². The summed E-state index contributed by atoms with van der Waals surface area (Å²) in [5, 5.41) is 2.16. The maximum absolute atomic E-state index is 12.8. The fourth-order valence-electron chi connectivity index (χ4n) is 2.96. The van der Waals surface area contributed by atoms with Gasteiger partial charge in [0.1, 0.15) is 12.6 Å². The molecule has 2 heterocycles. The van der Waals surface area contributed by atoms with Gasteiger partial charge in [0.25, 0.3) is 11.8 Å². The number of hydrogen-bond donors (Lipinski definition) is 2. The molecule has 26 heavy (non-hydrogen) atoms. The van der Waals surface area contributed by atoms with Crippen LogP contribution in [0, 0.1) is 11.8 Å². The predicted octanol–water partition coefficient (Wildman–Crippen LogP) is -0.585. The zero-order chi connectivity index (χ0) is 18.7. The van der Waals surface area contributed by atoms with Gasteiger partial charge in [-0.3, -0.25) is 29.4 Å². The monoisotopic (exact) mass is 355 g/mol. The summed E-state index contributed by atoms with van der Waals surface area (Å²) in [7, 11) is 0. The molecule has 1 saturated heterocycles. The molecule has 3 N–H and O–H groups in total. The number of imide groups is 2. The van der Waals surface area contributed by atoms with Gasteiger partial charge in [-0.15, -0.1) is 0 Å². The van der Waals surface area contributed by atoms with E-state index in [0.29, 0.717) is 18.7 Å². The van der Waals surface area contributed by atoms with Crippen molar-refractivity contribution in [2.75, 3.05) is 19.8 Å². The molecule has 1 aromatic carbocycles. The molecule has 0 radical (unpaired) electrons. The van der Waals surface area contributed by atoms with Gasteiger partial charge < -0.3 is 10.5 Å². The lowest BCUT2D eigenvalue weighted by atomic mass is 10.0. The van der Waals surface area contributed by atoms with Crippen molar-refractivity contribution in [3.8, 4) is 11.8 Å². The summed E-state index contributed by atoms with van der Waals surface area (Å²) in [6.45, 7) is 0.915. The molecule has 3 rings (SSSR count). The Balaban J connectivity index is 1.87. The summed E-state index contributed by atoms with van der Waals surface area (Å²) in [6, 6.07) is 3.79. The molecule has 1 unspecified atom stereocenters. The Morgan fingerprint density at radius 3 is 2.77 bits per heavy atom. The number of fused-ring (bicyclic) bond motifs is 1. The van der Waals surface area contributed by atoms with E-state index >= 15 is 0 Å². The Labute approximate surface area is 149 Å². The molecule has 1 aromatic rings. The van der Waals surface area contributed by atoms with Crippen molar-refractivity contribution in [2.45, 2.75) is 18.9 Å². The van der Waals surface area contributed by atoms with E-state index in [-0.39, 0.29) is 30.6 Å². The quantitative estimate of drug-likeness (QED) is 0.423. The molecule has 0 aromatic heterocycles. The number of nitrogens with one attached hydrogen (secondary N) is 1. The molecule has 8 nitrogen and oxygen atoms in total. The molecule has 1 fully saturated rings. The number of hydrogen-bond acceptors (Lipinski definition) is 6. The standard InChI is InChI=1S/C18H17N3O5/c19-8-10-26-9-2-4-11-3-1-5-12-15(11)18(25)21(17(12)24)13-6-7-14(22)20-16(13)23/h1,3,5,13H,6-10,19H2,(H,20,22,23). The van der Waals surface area contributed by atoms with Crippen LogP contribution < -0.4 is 11.1 Å². The molecule has 0 bridgehead atoms. The van der Waals surface area contributed by atoms with Gasteiger partial charge in [-0.2, -0.15) is 0 Å². The Morgan fingerprint density at radius 2 is 2.04 bits per heavy atom. The Kier molecular flexibility index (Phi) is 5.11. The van der Waals surface area contributed by atoms with Crippen molar-refractivity contribution >= 4 is 23.6 Å². The first kappa shape index (κ1) is 17.8. The summed E-state index contributed by atoms with van der Waals surface area (Å²) in [4.78, 5) is 49.8. The van der Waals surface area contributed by atoms with Crippen LogP contribution >= 0.6 is 0 Å². The maximum atomic E-state index is 12.8. The van der Waals surface area contributed by atoms with Crippen LogP contribution in [0.5, 0.6) is 0 Å². The summed E-state index contributed by atoms with van der Waals surface area (Å²) >= 11 is 0. The second-order valence-electron chi connectivity index (χ2n) is 5.82. The summed E-state index contributed by atoms with van der Waals surface area (Å²) in [5.74, 6) is 3.42. The highest BCUT2D eigenvalue weighted by Gasteiger charge is 2.45. The molecule has 2 aliphatic rings. The van der Waals surface area contributed by atoms with Crippen LogP contribution in [-0.2, 0) is 14.3 Å². The minimum Gasteiger partial charge on any atom is -0.367 e. The van der Waals surface area contributed by atoms with E-state index in [2.05, 4.69) is 17.2 Å². The third-order valence-electron chi connectivity index (χ3n) is 4.13. The first-order valence-electron chi connectivity index (χ1n) is 8.16. The fourth-order valence-corrected chi connectivity index (χ4v) is 2.96. The number of nitrogens with two attached hydrogens (primary N) is 1. The van der Waals surface area contributed by atoms with E-state index in [1.165, 1.54) is 6.07 Å². The van der Waals surface area contributed by atoms with Crippen molar-refractivity contribution < 1.29 is 23.9 Å². The minimum atomic E-state index is -0.992. The number of carbonyl (C=O) groups excluding carboxylic acids is 4. The highest BCUT2D eigenvalue weighted by Crippen LogP contribution is 2.29. The molecule has 4 amide bonds. The van der Waals surface area contributed by atoms with Crippen LogP contribution in [-0.4, -0.2) is 54.3 Å². The van der Waals surface area contributed by atoms with Crippen molar-refractivity contribution in [3.63, 3.8) is 0 Å². The van der Waals surface area contributed by atoms with Gasteiger partial charge in [-0.05, 0) is 18.6 Å². The molecular formula is C18H17N3O5. The average Bonchev–Trinajstić information content (AvgIpc) is 2.87. The average molecular weight is 355 g/mol. The highest BCUT2D eigenvalue weighted by atomic mass is 16.5. The SMILES string of the molecule is NCCOCC#Cc1cccc2c1C(=O)N(C1CCC(=O)NC1=O)C2=O. The van der Waals surface area contributed by atoms with E-state index in [1.54, 1.807) is 12.1 Å². The van der Waals surface area contributed by atoms with Crippen LogP contribution in [0.2, 0.25) is 0 Å². The molecule has 1 atom stereocenters. The third kappa shape index (κ3) is 3.22. The molecular weight excluding hydrogens is 338 g/mol. The maximum Gasteiger partial charge on any atom is 0.263 e. The number of nitrogens with zero attached hydrogens (tertiary/aromatic N) is 1. The van der Waals surface area contributed by atoms with Crippen LogP contribution in [0.1, 0.15) is 39.1 Å². The lowest BCUT2D eigenvalue weighted by molar-refractivity contribution is -0.136. The van der Waals surface area contributed by atoms with Crippen molar-refractivity contribution in [1.29, 1.82) is 0 Å². The van der Waals surface area contributed by atoms with Gasteiger partial charge in [-0.25, -0.2) is 0 Å². The molecule has 0 saturated carbocycles. The number of carbonyl (C=O) groups is 4. The van der Waals surface area contributed by atoms with E-state index < -0.39 is 29.7 Å². The lowest BCUT2D eigenvalue weighted by Crippen LogP contribution is -2.54. The Morgan fingerprint density at radius 1 is 1.23 bits per heavy atom. The molecule has 0 spiro atoms. The first-order chi connectivity index (χ1) is 12.5. The largest absolute Gasteiger partial charge is 0.367 e. The second-order valence-corrected chi connectivity index (χ2v) is 5.82. The van der Waals surface area contributed by atoms with E-state index in [4.69, 9.17) is 10.5 Å². The van der Waals surface area contributed by atoms with Gasteiger partial charge in [0.15, 0.2) is 0 Å². The normalized spacial score (nSPS) is 19.1. The number of benzene rings is 1. The van der Waals surface area contributed by atoms with E-state index in [9.17, 15) is 19.2 Å². The molecule has 8 heteroatoms. The molecule has 2 aliphatic heterocycles. The fraction of sp³-hybridized carbons (Fsp3) is 0.333. The predicted molar refractivity (Wildman–Crippen MR) is 89.9 cm³/mol. The Hall–Kier alpha value is -3.02. The van der Waals surface area contributed by atoms with Crippen LogP contribution in [0.15, 0.2) is 18.2 Å². The van der Waals surface area contributed by atoms with Crippen molar-refractivity contribution in [1.82, 2.24) is 10.2 Å². The second kappa shape index (κ2) is 7.47. The van der Waals surface area contributed by atoms with E-state index in [0.717, 1.165) is 4.90 Å². The number of ether oxygens (including phenoxy) is 1. The summed E-state index contributed by atoms with van der Waals surface area (Å²) < 4.78 is 5.17. The van der Waals surface area contributed by atoms with Gasteiger partial charge in [-0.1, -0.05) is 17.9 Å². The van der Waals surface area contributed by atoms with Crippen LogP contribution in [0.4, 0.5) is 0 Å². The van der Waals surface area contributed by atoms with Crippen molar-refractivity contribution in [2.24, 2.45) is 5.73 Å². The lowest BCUT2D eigenvalue weighted by Gasteiger charge is -2.27. The molecule has 134 valence electrons. The molecule has 0 aliphatic carbocycles. The first-order valence-corrected chi connectivity index (χ1v) is 8.16. The highest BCUT2D eigenvalue weighted by molar-refractivity contribution is 6.24. The van der Waals surface area contributed by atoms with Crippen molar-refractivity contribution in [3.05, 3.63) is 34.9 Å².